The summed E-state index contributed by atoms with van der Waals surface area (Å²) in [6.45, 7) is 2.08. The molecule has 114 valence electrons. The van der Waals surface area contributed by atoms with Crippen LogP contribution in [0.25, 0.3) is 0 Å². The summed E-state index contributed by atoms with van der Waals surface area (Å²) >= 11 is 0. The van der Waals surface area contributed by atoms with E-state index in [1.54, 1.807) is 6.07 Å². The van der Waals surface area contributed by atoms with Gasteiger partial charge in [0, 0.05) is 5.41 Å². The summed E-state index contributed by atoms with van der Waals surface area (Å²) in [5, 5.41) is 31.5. The van der Waals surface area contributed by atoms with Crippen LogP contribution in [0.4, 0.5) is 0 Å². The van der Waals surface area contributed by atoms with Gasteiger partial charge in [0.2, 0.25) is 0 Å². The molecule has 3 aliphatic rings. The predicted octanol–water partition coefficient (Wildman–Crippen LogP) is 2.72. The predicted molar refractivity (Wildman–Crippen MR) is 80.2 cm³/mol. The number of hydrogen-bond donors (Lipinski definition) is 3. The minimum atomic E-state index is -0.731. The largest absolute Gasteiger partial charge is 0.508 e. The maximum atomic E-state index is 11.4. The van der Waals surface area contributed by atoms with Gasteiger partial charge in [-0.25, -0.2) is 0 Å². The molecule has 5 atom stereocenters. The van der Waals surface area contributed by atoms with Crippen LogP contribution in [0.5, 0.6) is 5.75 Å². The first-order valence-corrected chi connectivity index (χ1v) is 8.18. The second kappa shape index (κ2) is 4.23. The van der Waals surface area contributed by atoms with Crippen LogP contribution in [0.3, 0.4) is 0 Å². The lowest BCUT2D eigenvalue weighted by atomic mass is 9.53. The molecule has 3 heteroatoms. The quantitative estimate of drug-likeness (QED) is 0.688. The monoisotopic (exact) mass is 288 g/mol. The Morgan fingerprint density at radius 1 is 1.14 bits per heavy atom. The minimum Gasteiger partial charge on any atom is -0.508 e. The Kier molecular flexibility index (Phi) is 2.74. The summed E-state index contributed by atoms with van der Waals surface area (Å²) < 4.78 is 0. The molecule has 0 unspecified atom stereocenters. The number of rotatable bonds is 0. The van der Waals surface area contributed by atoms with Crippen LogP contribution in [0, 0.1) is 11.3 Å². The van der Waals surface area contributed by atoms with Crippen molar-refractivity contribution >= 4 is 0 Å². The van der Waals surface area contributed by atoms with Crippen LogP contribution >= 0.6 is 0 Å². The van der Waals surface area contributed by atoms with E-state index in [-0.39, 0.29) is 17.4 Å². The van der Waals surface area contributed by atoms with Crippen molar-refractivity contribution in [2.45, 2.75) is 63.1 Å². The van der Waals surface area contributed by atoms with Crippen molar-refractivity contribution < 1.29 is 15.3 Å². The van der Waals surface area contributed by atoms with E-state index in [9.17, 15) is 15.3 Å². The molecule has 1 aromatic carbocycles. The number of aryl methyl sites for hydroxylation is 1. The van der Waals surface area contributed by atoms with Gasteiger partial charge in [0.15, 0.2) is 0 Å². The summed E-state index contributed by atoms with van der Waals surface area (Å²) in [5.74, 6) is 0.950. The summed E-state index contributed by atoms with van der Waals surface area (Å²) in [4.78, 5) is 0. The average molecular weight is 288 g/mol. The van der Waals surface area contributed by atoms with Crippen molar-refractivity contribution in [1.82, 2.24) is 0 Å². The van der Waals surface area contributed by atoms with Gasteiger partial charge in [-0.15, -0.1) is 0 Å². The molecule has 0 aliphatic heterocycles. The maximum absolute atomic E-state index is 11.4. The molecule has 3 nitrogen and oxygen atoms in total. The molecule has 0 aromatic heterocycles. The number of phenolic OH excluding ortho intramolecular Hbond substituents is 1. The van der Waals surface area contributed by atoms with E-state index in [0.717, 1.165) is 38.5 Å². The van der Waals surface area contributed by atoms with Crippen LogP contribution in [0.15, 0.2) is 18.2 Å². The number of aliphatic hydroxyl groups excluding tert-OH is 1. The van der Waals surface area contributed by atoms with Crippen LogP contribution in [-0.2, 0) is 6.42 Å². The van der Waals surface area contributed by atoms with Crippen molar-refractivity contribution in [2.24, 2.45) is 11.3 Å². The molecule has 0 bridgehead atoms. The van der Waals surface area contributed by atoms with E-state index in [0.29, 0.717) is 11.7 Å². The Labute approximate surface area is 125 Å². The Bertz CT molecular complexity index is 584. The Morgan fingerprint density at radius 2 is 1.95 bits per heavy atom. The van der Waals surface area contributed by atoms with E-state index in [2.05, 4.69) is 6.92 Å². The number of fused-ring (bicyclic) bond motifs is 5. The zero-order valence-electron chi connectivity index (χ0n) is 12.5. The third-order valence-corrected chi connectivity index (χ3v) is 6.85. The third kappa shape index (κ3) is 1.62. The van der Waals surface area contributed by atoms with Crippen molar-refractivity contribution in [3.05, 3.63) is 29.3 Å². The van der Waals surface area contributed by atoms with Gasteiger partial charge in [0.1, 0.15) is 5.75 Å². The molecule has 1 aromatic rings. The van der Waals surface area contributed by atoms with Gasteiger partial charge in [0.05, 0.1) is 11.7 Å². The van der Waals surface area contributed by atoms with Gasteiger partial charge in [-0.3, -0.25) is 0 Å². The van der Waals surface area contributed by atoms with E-state index < -0.39 is 5.60 Å². The molecule has 3 aliphatic carbocycles. The van der Waals surface area contributed by atoms with Gasteiger partial charge in [-0.2, -0.15) is 0 Å². The smallest absolute Gasteiger partial charge is 0.115 e. The standard InChI is InChI=1S/C18H24O3/c1-17-8-6-14-13-4-3-12(19)10-11(13)2-5-15(14)18(17,21)9-7-16(17)20/h3-4,10,14-16,19-21H,2,5-9H2,1H3/t14-,15-,16+,17-,18-/m1/s1. The topological polar surface area (TPSA) is 60.7 Å². The first-order valence-electron chi connectivity index (χ1n) is 8.18. The first kappa shape index (κ1) is 13.6. The third-order valence-electron chi connectivity index (χ3n) is 6.85. The molecule has 2 fully saturated rings. The second-order valence-corrected chi connectivity index (χ2v) is 7.57. The van der Waals surface area contributed by atoms with Crippen molar-refractivity contribution in [1.29, 1.82) is 0 Å². The summed E-state index contributed by atoms with van der Waals surface area (Å²) in [5.41, 5.74) is 1.47. The minimum absolute atomic E-state index is 0.241. The number of benzene rings is 1. The fourth-order valence-corrected chi connectivity index (χ4v) is 5.52. The molecule has 0 saturated heterocycles. The fraction of sp³-hybridized carbons (Fsp3) is 0.667. The number of hydrogen-bond acceptors (Lipinski definition) is 3. The molecule has 0 heterocycles. The molecule has 4 rings (SSSR count). The van der Waals surface area contributed by atoms with Gasteiger partial charge >= 0.3 is 0 Å². The highest BCUT2D eigenvalue weighted by atomic mass is 16.3. The number of aliphatic hydroxyl groups is 2. The summed E-state index contributed by atoms with van der Waals surface area (Å²) in [6, 6.07) is 5.69. The summed E-state index contributed by atoms with van der Waals surface area (Å²) in [7, 11) is 0. The Morgan fingerprint density at radius 3 is 2.76 bits per heavy atom. The van der Waals surface area contributed by atoms with Crippen LogP contribution in [-0.4, -0.2) is 27.0 Å². The molecule has 0 spiro atoms. The normalized spacial score (nSPS) is 44.8. The highest BCUT2D eigenvalue weighted by Gasteiger charge is 2.63. The fourth-order valence-electron chi connectivity index (χ4n) is 5.52. The average Bonchev–Trinajstić information content (AvgIpc) is 2.71. The van der Waals surface area contributed by atoms with Gasteiger partial charge in [0.25, 0.3) is 0 Å². The lowest BCUT2D eigenvalue weighted by Crippen LogP contribution is -2.57. The van der Waals surface area contributed by atoms with Crippen LogP contribution < -0.4 is 0 Å². The van der Waals surface area contributed by atoms with E-state index in [4.69, 9.17) is 0 Å². The van der Waals surface area contributed by atoms with Crippen LogP contribution in [0.2, 0.25) is 0 Å². The first-order chi connectivity index (χ1) is 9.96. The highest BCUT2D eigenvalue weighted by Crippen LogP contribution is 2.63. The van der Waals surface area contributed by atoms with E-state index in [1.807, 2.05) is 12.1 Å². The molecular formula is C18H24O3. The van der Waals surface area contributed by atoms with Gasteiger partial charge in [-0.1, -0.05) is 13.0 Å². The van der Waals surface area contributed by atoms with Crippen molar-refractivity contribution in [2.75, 3.05) is 0 Å². The van der Waals surface area contributed by atoms with Crippen molar-refractivity contribution in [3.8, 4) is 5.75 Å². The zero-order valence-corrected chi connectivity index (χ0v) is 12.5. The molecule has 0 radical (unpaired) electrons. The van der Waals surface area contributed by atoms with Crippen LogP contribution in [0.1, 0.15) is 56.1 Å². The number of phenols is 1. The Hall–Kier alpha value is -1.06. The molecular weight excluding hydrogens is 264 g/mol. The second-order valence-electron chi connectivity index (χ2n) is 7.57. The molecule has 3 N–H and O–H groups in total. The lowest BCUT2D eigenvalue weighted by molar-refractivity contribution is -0.162. The molecule has 21 heavy (non-hydrogen) atoms. The Balaban J connectivity index is 1.77. The molecule has 0 amide bonds. The zero-order chi connectivity index (χ0) is 14.8. The van der Waals surface area contributed by atoms with Gasteiger partial charge in [-0.05, 0) is 73.6 Å². The SMILES string of the molecule is C[C@]12CC[C@@H]3c4ccc(O)cc4CC[C@H]3[C@]1(O)CC[C@@H]2O. The van der Waals surface area contributed by atoms with Gasteiger partial charge < -0.3 is 15.3 Å². The maximum Gasteiger partial charge on any atom is 0.115 e. The summed E-state index contributed by atoms with van der Waals surface area (Å²) in [6.07, 6.45) is 4.85. The number of aromatic hydroxyl groups is 1. The van der Waals surface area contributed by atoms with E-state index >= 15 is 0 Å². The van der Waals surface area contributed by atoms with E-state index in [1.165, 1.54) is 11.1 Å². The highest BCUT2D eigenvalue weighted by molar-refractivity contribution is 5.41. The lowest BCUT2D eigenvalue weighted by Gasteiger charge is -2.55. The van der Waals surface area contributed by atoms with Crippen molar-refractivity contribution in [3.63, 3.8) is 0 Å². The molecule has 2 saturated carbocycles.